The topological polar surface area (TPSA) is 118 Å². The number of alkyl halides is 2. The van der Waals surface area contributed by atoms with Crippen LogP contribution in [0.2, 0.25) is 0 Å². The zero-order chi connectivity index (χ0) is 25.9. The van der Waals surface area contributed by atoms with E-state index in [4.69, 9.17) is 0 Å². The predicted molar refractivity (Wildman–Crippen MR) is 129 cm³/mol. The molecule has 36 heavy (non-hydrogen) atoms. The van der Waals surface area contributed by atoms with Gasteiger partial charge in [-0.15, -0.1) is 0 Å². The summed E-state index contributed by atoms with van der Waals surface area (Å²) >= 11 is 0. The molecule has 192 valence electrons. The lowest BCUT2D eigenvalue weighted by Gasteiger charge is -2.39. The maximum atomic E-state index is 13.9. The van der Waals surface area contributed by atoms with Crippen molar-refractivity contribution in [3.8, 4) is 0 Å². The highest BCUT2D eigenvalue weighted by Crippen LogP contribution is 2.68. The number of carbonyl (C=O) groups is 2. The van der Waals surface area contributed by atoms with E-state index in [1.807, 2.05) is 13.8 Å². The molecule has 0 radical (unpaired) electrons. The first kappa shape index (κ1) is 24.3. The summed E-state index contributed by atoms with van der Waals surface area (Å²) in [5.41, 5.74) is -1.39. The lowest BCUT2D eigenvalue weighted by molar-refractivity contribution is -0.117. The Labute approximate surface area is 207 Å². The smallest absolute Gasteiger partial charge is 0.276 e. The van der Waals surface area contributed by atoms with Crippen molar-refractivity contribution in [2.24, 2.45) is 11.3 Å². The van der Waals surface area contributed by atoms with E-state index in [2.05, 4.69) is 25.9 Å². The Morgan fingerprint density at radius 1 is 1.08 bits per heavy atom. The Morgan fingerprint density at radius 3 is 2.33 bits per heavy atom. The summed E-state index contributed by atoms with van der Waals surface area (Å²) in [5, 5.41) is 8.65. The minimum Gasteiger partial charge on any atom is -0.336 e. The Kier molecular flexibility index (Phi) is 5.64. The number of aryl methyl sites for hydroxylation is 1. The third kappa shape index (κ3) is 3.84. The molecule has 0 saturated heterocycles. The van der Waals surface area contributed by atoms with Crippen LogP contribution in [-0.2, 0) is 10.5 Å². The first-order valence-electron chi connectivity index (χ1n) is 12.5. The zero-order valence-electron chi connectivity index (χ0n) is 20.6. The normalized spacial score (nSPS) is 27.1. The predicted octanol–water partition coefficient (Wildman–Crippen LogP) is 4.06. The van der Waals surface area contributed by atoms with E-state index < -0.39 is 22.6 Å². The summed E-state index contributed by atoms with van der Waals surface area (Å²) in [4.78, 5) is 46.6. The molecular formula is C25H30F2N6O3. The van der Waals surface area contributed by atoms with Crippen molar-refractivity contribution in [1.82, 2.24) is 19.9 Å². The standard InChI is InChI=1S/C23H24F2N6O3.C2H6/c1-12-8-14(28-15-9-16(27-11-26-15)29-18(32)13-2-3-13)20(34)31-17(12)19(33)30-22(31)6-4-21(5-7-22)10-23(21,24)25;1-2/h8-9,11,13H,2-7,10H2,1H3,(H,30,33)(H2,26,27,28,29,32);1-2H3. The van der Waals surface area contributed by atoms with Crippen LogP contribution in [0.4, 0.5) is 26.1 Å². The second-order valence-corrected chi connectivity index (χ2v) is 10.1. The summed E-state index contributed by atoms with van der Waals surface area (Å²) < 4.78 is 29.3. The van der Waals surface area contributed by atoms with Crippen molar-refractivity contribution in [2.75, 3.05) is 10.6 Å². The van der Waals surface area contributed by atoms with E-state index in [0.717, 1.165) is 12.8 Å². The molecule has 2 spiro atoms. The first-order valence-corrected chi connectivity index (χ1v) is 12.5. The van der Waals surface area contributed by atoms with Gasteiger partial charge in [0, 0.05) is 23.8 Å². The minimum absolute atomic E-state index is 0.0156. The molecule has 4 aliphatic rings. The summed E-state index contributed by atoms with van der Waals surface area (Å²) in [6, 6.07) is 3.11. The Balaban J connectivity index is 0.00000130. The van der Waals surface area contributed by atoms with Gasteiger partial charge < -0.3 is 16.0 Å². The van der Waals surface area contributed by atoms with Gasteiger partial charge in [-0.1, -0.05) is 13.8 Å². The molecule has 0 unspecified atom stereocenters. The average molecular weight is 501 g/mol. The van der Waals surface area contributed by atoms with Crippen molar-refractivity contribution in [3.63, 3.8) is 0 Å². The molecule has 11 heteroatoms. The van der Waals surface area contributed by atoms with Crippen molar-refractivity contribution < 1.29 is 18.4 Å². The molecular weight excluding hydrogens is 470 g/mol. The number of hydrogen-bond acceptors (Lipinski definition) is 6. The van der Waals surface area contributed by atoms with Crippen molar-refractivity contribution >= 4 is 29.1 Å². The van der Waals surface area contributed by atoms with E-state index in [-0.39, 0.29) is 61.2 Å². The molecule has 6 rings (SSSR count). The number of carbonyl (C=O) groups excluding carboxylic acids is 2. The third-order valence-corrected chi connectivity index (χ3v) is 7.76. The number of anilines is 3. The molecule has 3 saturated carbocycles. The number of nitrogens with one attached hydrogen (secondary N) is 3. The quantitative estimate of drug-likeness (QED) is 0.583. The molecule has 3 heterocycles. The largest absolute Gasteiger partial charge is 0.336 e. The molecule has 2 amide bonds. The molecule has 2 aromatic heterocycles. The fraction of sp³-hybridized carbons (Fsp3) is 0.560. The van der Waals surface area contributed by atoms with Gasteiger partial charge in [-0.05, 0) is 57.1 Å². The maximum absolute atomic E-state index is 13.9. The number of hydrogen-bond donors (Lipinski definition) is 3. The van der Waals surface area contributed by atoms with Crippen molar-refractivity contribution in [2.45, 2.75) is 77.3 Å². The molecule has 0 bridgehead atoms. The van der Waals surface area contributed by atoms with Gasteiger partial charge in [0.15, 0.2) is 0 Å². The third-order valence-electron chi connectivity index (χ3n) is 7.76. The summed E-state index contributed by atoms with van der Waals surface area (Å²) in [6.45, 7) is 5.73. The van der Waals surface area contributed by atoms with Crippen LogP contribution in [0.25, 0.3) is 0 Å². The number of amides is 2. The van der Waals surface area contributed by atoms with Crippen LogP contribution < -0.4 is 21.5 Å². The zero-order valence-corrected chi connectivity index (χ0v) is 20.6. The van der Waals surface area contributed by atoms with Crippen LogP contribution in [0.1, 0.15) is 74.8 Å². The summed E-state index contributed by atoms with van der Waals surface area (Å²) in [5.74, 6) is -2.48. The fourth-order valence-electron chi connectivity index (χ4n) is 5.47. The van der Waals surface area contributed by atoms with Crippen LogP contribution in [0.5, 0.6) is 0 Å². The molecule has 3 N–H and O–H groups in total. The molecule has 1 aliphatic heterocycles. The van der Waals surface area contributed by atoms with Gasteiger partial charge in [-0.3, -0.25) is 19.0 Å². The second-order valence-electron chi connectivity index (χ2n) is 10.1. The molecule has 0 atom stereocenters. The average Bonchev–Trinajstić information content (AvgIpc) is 3.74. The monoisotopic (exact) mass is 500 g/mol. The number of fused-ring (bicyclic) bond motifs is 2. The van der Waals surface area contributed by atoms with Gasteiger partial charge in [0.1, 0.15) is 35.0 Å². The van der Waals surface area contributed by atoms with Crippen LogP contribution in [0, 0.1) is 18.3 Å². The van der Waals surface area contributed by atoms with E-state index in [9.17, 15) is 23.2 Å². The van der Waals surface area contributed by atoms with Gasteiger partial charge in [-0.2, -0.15) is 0 Å². The van der Waals surface area contributed by atoms with E-state index >= 15 is 0 Å². The minimum atomic E-state index is -2.66. The number of halogens is 2. The van der Waals surface area contributed by atoms with Crippen LogP contribution in [0.15, 0.2) is 23.3 Å². The van der Waals surface area contributed by atoms with Crippen molar-refractivity contribution in [3.05, 3.63) is 40.1 Å². The van der Waals surface area contributed by atoms with Gasteiger partial charge >= 0.3 is 0 Å². The maximum Gasteiger partial charge on any atom is 0.276 e. The molecule has 0 aromatic carbocycles. The first-order chi connectivity index (χ1) is 17.1. The van der Waals surface area contributed by atoms with Gasteiger partial charge in [0.05, 0.1) is 0 Å². The van der Waals surface area contributed by atoms with Crippen LogP contribution >= 0.6 is 0 Å². The Hall–Kier alpha value is -3.37. The summed E-state index contributed by atoms with van der Waals surface area (Å²) in [7, 11) is 0. The number of rotatable bonds is 4. The second kappa shape index (κ2) is 8.35. The van der Waals surface area contributed by atoms with Crippen molar-refractivity contribution in [1.29, 1.82) is 0 Å². The SMILES string of the molecule is CC.Cc1cc(Nc2cc(NC(=O)C3CC3)ncn2)c(=O)n2c1C(=O)NC21CCC2(CC1)CC2(F)F. The fourth-order valence-corrected chi connectivity index (χ4v) is 5.47. The van der Waals surface area contributed by atoms with Crippen LogP contribution in [0.3, 0.4) is 0 Å². The van der Waals surface area contributed by atoms with E-state index in [0.29, 0.717) is 17.2 Å². The molecule has 9 nitrogen and oxygen atoms in total. The lowest BCUT2D eigenvalue weighted by Crippen LogP contribution is -2.50. The van der Waals surface area contributed by atoms with Gasteiger partial charge in [-0.25, -0.2) is 18.7 Å². The molecule has 3 aliphatic carbocycles. The molecule has 2 aromatic rings. The Morgan fingerprint density at radius 2 is 1.72 bits per heavy atom. The lowest BCUT2D eigenvalue weighted by atomic mass is 9.79. The Bertz CT molecular complexity index is 1300. The summed E-state index contributed by atoms with van der Waals surface area (Å²) in [6.07, 6.45) is 3.92. The van der Waals surface area contributed by atoms with Gasteiger partial charge in [0.2, 0.25) is 5.91 Å². The van der Waals surface area contributed by atoms with Gasteiger partial charge in [0.25, 0.3) is 17.4 Å². The van der Waals surface area contributed by atoms with Crippen LogP contribution in [-0.4, -0.2) is 32.3 Å². The van der Waals surface area contributed by atoms with E-state index in [1.165, 1.54) is 17.0 Å². The number of nitrogens with zero attached hydrogens (tertiary/aromatic N) is 3. The highest BCUT2D eigenvalue weighted by molar-refractivity contribution is 5.97. The highest BCUT2D eigenvalue weighted by Gasteiger charge is 2.72. The van der Waals surface area contributed by atoms with E-state index in [1.54, 1.807) is 13.0 Å². The highest BCUT2D eigenvalue weighted by atomic mass is 19.3. The number of pyridine rings is 1. The molecule has 3 fully saturated rings. The number of aromatic nitrogens is 3.